The van der Waals surface area contributed by atoms with Crippen molar-refractivity contribution < 1.29 is 9.59 Å². The number of hydrogen-bond donors (Lipinski definition) is 4. The first-order chi connectivity index (χ1) is 12.4. The zero-order valence-electron chi connectivity index (χ0n) is 16.4. The molecule has 0 bridgehead atoms. The van der Waals surface area contributed by atoms with Gasteiger partial charge >= 0.3 is 12.1 Å². The fourth-order valence-electron chi connectivity index (χ4n) is 2.60. The van der Waals surface area contributed by atoms with E-state index in [0.29, 0.717) is 29.5 Å². The van der Waals surface area contributed by atoms with Crippen molar-refractivity contribution in [3.8, 4) is 0 Å². The Morgan fingerprint density at radius 3 is 2.27 bits per heavy atom. The second-order valence-electron chi connectivity index (χ2n) is 6.59. The smallest absolute Gasteiger partial charge is 0.323 e. The van der Waals surface area contributed by atoms with E-state index in [1.807, 2.05) is 13.0 Å². The van der Waals surface area contributed by atoms with Crippen molar-refractivity contribution in [3.05, 3.63) is 36.0 Å². The van der Waals surface area contributed by atoms with E-state index in [4.69, 9.17) is 0 Å². The second-order valence-corrected chi connectivity index (χ2v) is 6.59. The van der Waals surface area contributed by atoms with E-state index in [2.05, 4.69) is 41.7 Å². The Labute approximate surface area is 156 Å². The van der Waals surface area contributed by atoms with Crippen LogP contribution >= 0.6 is 0 Å². The fraction of sp³-hybridized carbons (Fsp3) is 0.500. The van der Waals surface area contributed by atoms with E-state index in [1.54, 1.807) is 19.1 Å². The van der Waals surface area contributed by atoms with Gasteiger partial charge in [-0.15, -0.1) is 0 Å². The Morgan fingerprint density at radius 1 is 1.12 bits per heavy atom. The average Bonchev–Trinajstić information content (AvgIpc) is 2.58. The number of carbonyl (C=O) groups is 2. The van der Waals surface area contributed by atoms with Gasteiger partial charge in [0, 0.05) is 23.6 Å². The molecule has 0 saturated carbocycles. The van der Waals surface area contributed by atoms with Gasteiger partial charge in [0.15, 0.2) is 0 Å². The number of allylic oxidation sites excluding steroid dienone is 1. The van der Waals surface area contributed by atoms with Crippen molar-refractivity contribution in [2.75, 3.05) is 17.2 Å². The molecule has 0 aliphatic heterocycles. The second kappa shape index (κ2) is 11.2. The molecule has 1 atom stereocenters. The largest absolute Gasteiger partial charge is 0.338 e. The van der Waals surface area contributed by atoms with Crippen molar-refractivity contribution in [2.24, 2.45) is 5.92 Å². The molecule has 0 heterocycles. The van der Waals surface area contributed by atoms with Crippen LogP contribution in [-0.2, 0) is 0 Å². The Bertz CT molecular complexity index is 628. The number of benzene rings is 1. The van der Waals surface area contributed by atoms with Crippen LogP contribution in [0.2, 0.25) is 0 Å². The zero-order valence-corrected chi connectivity index (χ0v) is 16.4. The standard InChI is InChI=1S/C20H32N4O2/c1-6-8-10-16(7-2)13-21-19(25)23-17-11-9-12-18(15(17)5)24-20(26)22-14(3)4/h9,11-12,16H,3,6-8,10,13H2,1-2,4-5H3,(H2,21,23,25)(H2,22,24,26). The molecule has 0 radical (unpaired) electrons. The van der Waals surface area contributed by atoms with Gasteiger partial charge in [0.05, 0.1) is 0 Å². The fourth-order valence-corrected chi connectivity index (χ4v) is 2.60. The summed E-state index contributed by atoms with van der Waals surface area (Å²) in [4.78, 5) is 24.0. The molecular formula is C20H32N4O2. The number of amides is 4. The molecule has 26 heavy (non-hydrogen) atoms. The first-order valence-electron chi connectivity index (χ1n) is 9.25. The van der Waals surface area contributed by atoms with Crippen LogP contribution in [0.5, 0.6) is 0 Å². The summed E-state index contributed by atoms with van der Waals surface area (Å²) in [5.74, 6) is 0.501. The number of urea groups is 2. The Hall–Kier alpha value is -2.50. The summed E-state index contributed by atoms with van der Waals surface area (Å²) in [6.45, 7) is 12.2. The normalized spacial score (nSPS) is 11.4. The maximum atomic E-state index is 12.2. The quantitative estimate of drug-likeness (QED) is 0.500. The molecule has 0 aliphatic rings. The van der Waals surface area contributed by atoms with Gasteiger partial charge in [-0.05, 0) is 43.9 Å². The van der Waals surface area contributed by atoms with E-state index in [9.17, 15) is 9.59 Å². The summed E-state index contributed by atoms with van der Waals surface area (Å²) in [7, 11) is 0. The maximum absolute atomic E-state index is 12.2. The highest BCUT2D eigenvalue weighted by Crippen LogP contribution is 2.23. The summed E-state index contributed by atoms with van der Waals surface area (Å²) >= 11 is 0. The molecule has 4 amide bonds. The minimum Gasteiger partial charge on any atom is -0.338 e. The minimum absolute atomic E-state index is 0.230. The van der Waals surface area contributed by atoms with E-state index in [1.165, 1.54) is 12.8 Å². The van der Waals surface area contributed by atoms with Crippen LogP contribution in [0.4, 0.5) is 21.0 Å². The molecule has 0 saturated heterocycles. The van der Waals surface area contributed by atoms with Crippen LogP contribution < -0.4 is 21.3 Å². The third-order valence-corrected chi connectivity index (χ3v) is 4.25. The summed E-state index contributed by atoms with van der Waals surface area (Å²) in [5.41, 5.74) is 2.65. The maximum Gasteiger partial charge on any atom is 0.323 e. The third-order valence-electron chi connectivity index (χ3n) is 4.25. The molecule has 0 aliphatic carbocycles. The average molecular weight is 361 g/mol. The lowest BCUT2D eigenvalue weighted by atomic mass is 9.99. The number of carbonyl (C=O) groups excluding carboxylic acids is 2. The van der Waals surface area contributed by atoms with Crippen molar-refractivity contribution in [2.45, 2.75) is 53.4 Å². The van der Waals surface area contributed by atoms with Crippen molar-refractivity contribution in [1.82, 2.24) is 10.6 Å². The van der Waals surface area contributed by atoms with Crippen molar-refractivity contribution in [3.63, 3.8) is 0 Å². The van der Waals surface area contributed by atoms with Crippen LogP contribution in [-0.4, -0.2) is 18.6 Å². The lowest BCUT2D eigenvalue weighted by molar-refractivity contribution is 0.249. The molecule has 0 spiro atoms. The van der Waals surface area contributed by atoms with Gasteiger partial charge < -0.3 is 21.3 Å². The van der Waals surface area contributed by atoms with Crippen molar-refractivity contribution >= 4 is 23.4 Å². The van der Waals surface area contributed by atoms with E-state index < -0.39 is 0 Å². The molecule has 6 heteroatoms. The van der Waals surface area contributed by atoms with Crippen molar-refractivity contribution in [1.29, 1.82) is 0 Å². The third kappa shape index (κ3) is 7.59. The van der Waals surface area contributed by atoms with Gasteiger partial charge in [-0.2, -0.15) is 0 Å². The number of rotatable bonds is 9. The van der Waals surface area contributed by atoms with Crippen LogP contribution in [0.3, 0.4) is 0 Å². The Kier molecular flexibility index (Phi) is 9.26. The molecular weight excluding hydrogens is 328 g/mol. The van der Waals surface area contributed by atoms with Gasteiger partial charge in [0.25, 0.3) is 0 Å². The highest BCUT2D eigenvalue weighted by atomic mass is 16.2. The predicted molar refractivity (Wildman–Crippen MR) is 108 cm³/mol. The molecule has 1 unspecified atom stereocenters. The predicted octanol–water partition coefficient (Wildman–Crippen LogP) is 4.99. The zero-order chi connectivity index (χ0) is 19.5. The van der Waals surface area contributed by atoms with E-state index in [0.717, 1.165) is 18.4 Å². The highest BCUT2D eigenvalue weighted by Gasteiger charge is 2.11. The van der Waals surface area contributed by atoms with E-state index in [-0.39, 0.29) is 12.1 Å². The molecule has 144 valence electrons. The first-order valence-corrected chi connectivity index (χ1v) is 9.25. The molecule has 0 fully saturated rings. The Morgan fingerprint density at radius 2 is 1.73 bits per heavy atom. The lowest BCUT2D eigenvalue weighted by Crippen LogP contribution is -2.33. The Balaban J connectivity index is 2.63. The van der Waals surface area contributed by atoms with Crippen LogP contribution in [0.25, 0.3) is 0 Å². The van der Waals surface area contributed by atoms with Gasteiger partial charge in [0.1, 0.15) is 0 Å². The summed E-state index contributed by atoms with van der Waals surface area (Å²) < 4.78 is 0. The molecule has 4 N–H and O–H groups in total. The summed E-state index contributed by atoms with van der Waals surface area (Å²) in [5, 5.41) is 11.1. The summed E-state index contributed by atoms with van der Waals surface area (Å²) in [6.07, 6.45) is 4.53. The van der Waals surface area contributed by atoms with Crippen LogP contribution in [0.15, 0.2) is 30.5 Å². The molecule has 6 nitrogen and oxygen atoms in total. The number of unbranched alkanes of at least 4 members (excludes halogenated alkanes) is 1. The first kappa shape index (κ1) is 21.5. The van der Waals surface area contributed by atoms with Crippen LogP contribution in [0, 0.1) is 12.8 Å². The number of nitrogens with one attached hydrogen (secondary N) is 4. The van der Waals surface area contributed by atoms with Gasteiger partial charge in [-0.25, -0.2) is 9.59 Å². The SMILES string of the molecule is C=C(C)NC(=O)Nc1cccc(NC(=O)NCC(CC)CCCC)c1C. The topological polar surface area (TPSA) is 82.3 Å². The van der Waals surface area contributed by atoms with Gasteiger partial charge in [-0.3, -0.25) is 0 Å². The van der Waals surface area contributed by atoms with Gasteiger partial charge in [-0.1, -0.05) is 45.8 Å². The van der Waals surface area contributed by atoms with Gasteiger partial charge in [0.2, 0.25) is 0 Å². The van der Waals surface area contributed by atoms with E-state index >= 15 is 0 Å². The molecule has 1 aromatic carbocycles. The molecule has 1 rings (SSSR count). The minimum atomic E-state index is -0.357. The lowest BCUT2D eigenvalue weighted by Gasteiger charge is -2.17. The highest BCUT2D eigenvalue weighted by molar-refractivity contribution is 5.95. The summed E-state index contributed by atoms with van der Waals surface area (Å²) in [6, 6.07) is 4.80. The molecule has 0 aromatic heterocycles. The van der Waals surface area contributed by atoms with Crippen LogP contribution in [0.1, 0.15) is 52.0 Å². The number of anilines is 2. The number of hydrogen-bond acceptors (Lipinski definition) is 2. The monoisotopic (exact) mass is 360 g/mol. The molecule has 1 aromatic rings.